The minimum Gasteiger partial charge on any atom is -0.302 e. The lowest BCUT2D eigenvalue weighted by Gasteiger charge is -2.13. The number of nitrogens with one attached hydrogen (secondary N) is 1. The predicted octanol–water partition coefficient (Wildman–Crippen LogP) is 3.15. The predicted molar refractivity (Wildman–Crippen MR) is 79.2 cm³/mol. The highest BCUT2D eigenvalue weighted by Gasteiger charge is 2.10. The van der Waals surface area contributed by atoms with Gasteiger partial charge in [0.2, 0.25) is 0 Å². The molecule has 2 aromatic heterocycles. The molecule has 19 heavy (non-hydrogen) atoms. The molecule has 0 aliphatic heterocycles. The van der Waals surface area contributed by atoms with Crippen LogP contribution in [0.5, 0.6) is 0 Å². The Hall–Kier alpha value is -1.20. The Bertz CT molecular complexity index is 515. The summed E-state index contributed by atoms with van der Waals surface area (Å²) in [6.07, 6.45) is 1.64. The van der Waals surface area contributed by atoms with Crippen LogP contribution in [-0.2, 0) is 13.1 Å². The van der Waals surface area contributed by atoms with Crippen LogP contribution in [0.15, 0.2) is 18.5 Å². The van der Waals surface area contributed by atoms with Crippen molar-refractivity contribution in [3.8, 4) is 0 Å². The lowest BCUT2D eigenvalue weighted by Crippen LogP contribution is -2.21. The highest BCUT2D eigenvalue weighted by Crippen LogP contribution is 2.22. The Morgan fingerprint density at radius 2 is 2.11 bits per heavy atom. The quantitative estimate of drug-likeness (QED) is 0.882. The number of nitrogens with zero attached hydrogens (tertiary/aromatic N) is 3. The fourth-order valence-corrected chi connectivity index (χ4v) is 2.86. The molecule has 1 unspecified atom stereocenters. The molecule has 0 saturated heterocycles. The van der Waals surface area contributed by atoms with E-state index in [4.69, 9.17) is 0 Å². The Kier molecular flexibility index (Phi) is 4.71. The fourth-order valence-electron chi connectivity index (χ4n) is 1.95. The molecule has 104 valence electrons. The average Bonchev–Trinajstić information content (AvgIpc) is 2.95. The van der Waals surface area contributed by atoms with Crippen LogP contribution in [-0.4, -0.2) is 14.8 Å². The Balaban J connectivity index is 1.93. The Morgan fingerprint density at radius 1 is 1.32 bits per heavy atom. The van der Waals surface area contributed by atoms with Crippen molar-refractivity contribution in [1.29, 1.82) is 0 Å². The zero-order valence-corrected chi connectivity index (χ0v) is 12.9. The van der Waals surface area contributed by atoms with Gasteiger partial charge < -0.3 is 5.32 Å². The topological polar surface area (TPSA) is 42.7 Å². The Morgan fingerprint density at radius 3 is 2.74 bits per heavy atom. The zero-order chi connectivity index (χ0) is 13.8. The molecule has 2 aromatic rings. The third kappa shape index (κ3) is 3.88. The summed E-state index contributed by atoms with van der Waals surface area (Å²) in [6, 6.07) is 4.71. The van der Waals surface area contributed by atoms with E-state index in [0.717, 1.165) is 18.9 Å². The van der Waals surface area contributed by atoms with Gasteiger partial charge in [-0.2, -0.15) is 5.10 Å². The molecule has 2 heterocycles. The van der Waals surface area contributed by atoms with Crippen molar-refractivity contribution in [2.75, 3.05) is 0 Å². The van der Waals surface area contributed by atoms with Gasteiger partial charge in [0.1, 0.15) is 12.2 Å². The van der Waals surface area contributed by atoms with Gasteiger partial charge in [0.15, 0.2) is 0 Å². The molecule has 0 aromatic carbocycles. The molecular weight excluding hydrogens is 256 g/mol. The number of aryl methyl sites for hydroxylation is 1. The van der Waals surface area contributed by atoms with Crippen LogP contribution in [0, 0.1) is 12.8 Å². The normalized spacial score (nSPS) is 13.1. The lowest BCUT2D eigenvalue weighted by molar-refractivity contribution is 0.450. The summed E-state index contributed by atoms with van der Waals surface area (Å²) in [7, 11) is 0. The van der Waals surface area contributed by atoms with Crippen molar-refractivity contribution in [1.82, 2.24) is 20.1 Å². The van der Waals surface area contributed by atoms with Crippen LogP contribution in [0.1, 0.15) is 42.4 Å². The molecule has 1 N–H and O–H groups in total. The second kappa shape index (κ2) is 6.30. The first-order chi connectivity index (χ1) is 9.06. The molecule has 2 rings (SSSR count). The molecule has 0 aliphatic rings. The van der Waals surface area contributed by atoms with Crippen molar-refractivity contribution in [3.63, 3.8) is 0 Å². The van der Waals surface area contributed by atoms with Crippen LogP contribution in [0.2, 0.25) is 0 Å². The summed E-state index contributed by atoms with van der Waals surface area (Å²) in [4.78, 5) is 7.05. The van der Waals surface area contributed by atoms with Crippen molar-refractivity contribution in [3.05, 3.63) is 34.0 Å². The second-order valence-electron chi connectivity index (χ2n) is 5.30. The maximum absolute atomic E-state index is 4.33. The number of rotatable bonds is 6. The first-order valence-electron chi connectivity index (χ1n) is 6.72. The summed E-state index contributed by atoms with van der Waals surface area (Å²) in [5.41, 5.74) is 0. The van der Waals surface area contributed by atoms with Gasteiger partial charge in [0, 0.05) is 22.3 Å². The average molecular weight is 278 g/mol. The van der Waals surface area contributed by atoms with E-state index in [2.05, 4.69) is 55.2 Å². The summed E-state index contributed by atoms with van der Waals surface area (Å²) in [6.45, 7) is 10.4. The minimum absolute atomic E-state index is 0.350. The summed E-state index contributed by atoms with van der Waals surface area (Å²) < 4.78 is 1.99. The van der Waals surface area contributed by atoms with Crippen LogP contribution in [0.3, 0.4) is 0 Å². The number of hydrogen-bond acceptors (Lipinski definition) is 4. The molecular formula is C14H22N4S. The standard InChI is InChI=1S/C14H22N4S/c1-10(2)8-18-14(16-9-17-18)7-15-12(4)13-6-5-11(3)19-13/h5-6,9-10,12,15H,7-8H2,1-4H3. The number of aromatic nitrogens is 3. The van der Waals surface area contributed by atoms with Crippen LogP contribution in [0.4, 0.5) is 0 Å². The molecule has 5 heteroatoms. The first-order valence-corrected chi connectivity index (χ1v) is 7.54. The van der Waals surface area contributed by atoms with Gasteiger partial charge in [-0.3, -0.25) is 0 Å². The Labute approximate surface area is 118 Å². The molecule has 4 nitrogen and oxygen atoms in total. The minimum atomic E-state index is 0.350. The van der Waals surface area contributed by atoms with Crippen LogP contribution in [0.25, 0.3) is 0 Å². The second-order valence-corrected chi connectivity index (χ2v) is 6.62. The molecule has 0 spiro atoms. The molecule has 1 atom stereocenters. The highest BCUT2D eigenvalue weighted by atomic mass is 32.1. The third-order valence-corrected chi connectivity index (χ3v) is 4.17. The van der Waals surface area contributed by atoms with E-state index in [-0.39, 0.29) is 0 Å². The van der Waals surface area contributed by atoms with E-state index in [1.165, 1.54) is 9.75 Å². The molecule has 0 bridgehead atoms. The maximum Gasteiger partial charge on any atom is 0.140 e. The molecule has 0 fully saturated rings. The van der Waals surface area contributed by atoms with Gasteiger partial charge in [-0.15, -0.1) is 11.3 Å². The summed E-state index contributed by atoms with van der Waals surface area (Å²) in [5, 5.41) is 7.79. The van der Waals surface area contributed by atoms with E-state index in [0.29, 0.717) is 12.0 Å². The van der Waals surface area contributed by atoms with Gasteiger partial charge in [0.05, 0.1) is 6.54 Å². The van der Waals surface area contributed by atoms with Crippen molar-refractivity contribution >= 4 is 11.3 Å². The van der Waals surface area contributed by atoms with Gasteiger partial charge in [-0.05, 0) is 31.9 Å². The van der Waals surface area contributed by atoms with E-state index in [1.54, 1.807) is 6.33 Å². The molecule has 0 amide bonds. The first kappa shape index (κ1) is 14.2. The van der Waals surface area contributed by atoms with Crippen molar-refractivity contribution < 1.29 is 0 Å². The van der Waals surface area contributed by atoms with E-state index in [1.807, 2.05) is 16.0 Å². The lowest BCUT2D eigenvalue weighted by atomic mass is 10.2. The third-order valence-electron chi connectivity index (χ3n) is 2.99. The van der Waals surface area contributed by atoms with Gasteiger partial charge in [-0.25, -0.2) is 9.67 Å². The summed E-state index contributed by atoms with van der Waals surface area (Å²) >= 11 is 1.84. The van der Waals surface area contributed by atoms with E-state index in [9.17, 15) is 0 Å². The van der Waals surface area contributed by atoms with Gasteiger partial charge >= 0.3 is 0 Å². The van der Waals surface area contributed by atoms with E-state index < -0.39 is 0 Å². The van der Waals surface area contributed by atoms with Crippen molar-refractivity contribution in [2.45, 2.75) is 46.8 Å². The zero-order valence-electron chi connectivity index (χ0n) is 12.1. The monoisotopic (exact) mass is 278 g/mol. The van der Waals surface area contributed by atoms with E-state index >= 15 is 0 Å². The van der Waals surface area contributed by atoms with Crippen molar-refractivity contribution in [2.24, 2.45) is 5.92 Å². The highest BCUT2D eigenvalue weighted by molar-refractivity contribution is 7.12. The largest absolute Gasteiger partial charge is 0.302 e. The van der Waals surface area contributed by atoms with Crippen LogP contribution >= 0.6 is 11.3 Å². The van der Waals surface area contributed by atoms with Gasteiger partial charge in [-0.1, -0.05) is 13.8 Å². The smallest absolute Gasteiger partial charge is 0.140 e. The SMILES string of the molecule is Cc1ccc(C(C)NCc2ncnn2CC(C)C)s1. The molecule has 0 radical (unpaired) electrons. The van der Waals surface area contributed by atoms with Gasteiger partial charge in [0.25, 0.3) is 0 Å². The fraction of sp³-hybridized carbons (Fsp3) is 0.571. The summed E-state index contributed by atoms with van der Waals surface area (Å²) in [5.74, 6) is 1.59. The van der Waals surface area contributed by atoms with Crippen LogP contribution < -0.4 is 5.32 Å². The maximum atomic E-state index is 4.33. The molecule has 0 aliphatic carbocycles. The molecule has 0 saturated carbocycles. The number of thiophene rings is 1. The number of hydrogen-bond donors (Lipinski definition) is 1.